The monoisotopic (exact) mass is 360 g/mol. The quantitative estimate of drug-likeness (QED) is 0.845. The molecule has 3 rings (SSSR count). The normalized spacial score (nSPS) is 19.1. The number of hydrogen-bond acceptors (Lipinski definition) is 3. The molecule has 1 aromatic heterocycles. The fourth-order valence-corrected chi connectivity index (χ4v) is 5.35. The number of carbonyl (C=O) groups excluding carboxylic acids is 1. The van der Waals surface area contributed by atoms with Crippen LogP contribution < -0.4 is 0 Å². The van der Waals surface area contributed by atoms with Crippen molar-refractivity contribution >= 4 is 15.7 Å². The lowest BCUT2D eigenvalue weighted by Gasteiger charge is -2.23. The first kappa shape index (κ1) is 17.7. The van der Waals surface area contributed by atoms with Crippen LogP contribution in [0.1, 0.15) is 33.7 Å². The van der Waals surface area contributed by atoms with Gasteiger partial charge in [-0.1, -0.05) is 12.1 Å². The van der Waals surface area contributed by atoms with Crippen LogP contribution >= 0.6 is 0 Å². The van der Waals surface area contributed by atoms with Crippen molar-refractivity contribution in [3.8, 4) is 5.69 Å². The van der Waals surface area contributed by atoms with E-state index in [1.54, 1.807) is 11.9 Å². The number of amides is 1. The lowest BCUT2D eigenvalue weighted by atomic mass is 10.1. The Morgan fingerprint density at radius 1 is 1.20 bits per heavy atom. The minimum Gasteiger partial charge on any atom is -0.338 e. The topological polar surface area (TPSA) is 59.4 Å². The van der Waals surface area contributed by atoms with E-state index in [-0.39, 0.29) is 23.5 Å². The summed E-state index contributed by atoms with van der Waals surface area (Å²) in [6.07, 6.45) is 0.515. The molecule has 1 fully saturated rings. The van der Waals surface area contributed by atoms with E-state index in [1.807, 2.05) is 45.0 Å². The van der Waals surface area contributed by atoms with E-state index in [0.717, 1.165) is 22.6 Å². The summed E-state index contributed by atoms with van der Waals surface area (Å²) < 4.78 is 25.5. The molecule has 0 radical (unpaired) electrons. The second kappa shape index (κ2) is 6.33. The van der Waals surface area contributed by atoms with E-state index < -0.39 is 9.84 Å². The van der Waals surface area contributed by atoms with E-state index >= 15 is 0 Å². The molecule has 0 aliphatic carbocycles. The highest BCUT2D eigenvalue weighted by molar-refractivity contribution is 7.91. The highest BCUT2D eigenvalue weighted by atomic mass is 32.2. The lowest BCUT2D eigenvalue weighted by molar-refractivity contribution is 0.0747. The van der Waals surface area contributed by atoms with E-state index in [4.69, 9.17) is 0 Å². The molecule has 25 heavy (non-hydrogen) atoms. The standard InChI is InChI=1S/C19H24N2O3S/c1-13-6-5-7-16(10-13)21-14(2)11-18(15(21)3)19(22)20(4)17-8-9-25(23,24)12-17/h5-7,10-11,17H,8-9,12H2,1-4H3. The highest BCUT2D eigenvalue weighted by Gasteiger charge is 2.34. The van der Waals surface area contributed by atoms with Crippen molar-refractivity contribution in [2.24, 2.45) is 0 Å². The minimum absolute atomic E-state index is 0.0614. The van der Waals surface area contributed by atoms with Crippen LogP contribution in [-0.2, 0) is 9.84 Å². The Labute approximate surface area is 149 Å². The van der Waals surface area contributed by atoms with Gasteiger partial charge in [-0.15, -0.1) is 0 Å². The third-order valence-electron chi connectivity index (χ3n) is 5.00. The number of nitrogens with zero attached hydrogens (tertiary/aromatic N) is 2. The Morgan fingerprint density at radius 2 is 1.92 bits per heavy atom. The Morgan fingerprint density at radius 3 is 2.52 bits per heavy atom. The molecule has 1 aliphatic heterocycles. The molecular formula is C19H24N2O3S. The third kappa shape index (κ3) is 3.35. The van der Waals surface area contributed by atoms with Gasteiger partial charge < -0.3 is 9.47 Å². The SMILES string of the molecule is Cc1cccc(-n2c(C)cc(C(=O)N(C)C3CCS(=O)(=O)C3)c2C)c1. The van der Waals surface area contributed by atoms with Crippen LogP contribution in [0.2, 0.25) is 0 Å². The van der Waals surface area contributed by atoms with E-state index in [9.17, 15) is 13.2 Å². The molecule has 1 saturated heterocycles. The van der Waals surface area contributed by atoms with Crippen LogP contribution in [-0.4, -0.2) is 48.4 Å². The summed E-state index contributed by atoms with van der Waals surface area (Å²) in [6, 6.07) is 9.80. The minimum atomic E-state index is -3.02. The van der Waals surface area contributed by atoms with Crippen molar-refractivity contribution in [3.05, 3.63) is 52.8 Å². The maximum atomic E-state index is 12.9. The highest BCUT2D eigenvalue weighted by Crippen LogP contribution is 2.24. The molecule has 134 valence electrons. The number of aromatic nitrogens is 1. The summed E-state index contributed by atoms with van der Waals surface area (Å²) in [5, 5.41) is 0. The van der Waals surface area contributed by atoms with Gasteiger partial charge in [-0.3, -0.25) is 4.79 Å². The molecule has 1 aromatic carbocycles. The molecule has 6 heteroatoms. The Hall–Kier alpha value is -2.08. The second-order valence-electron chi connectivity index (χ2n) is 6.93. The molecule has 1 atom stereocenters. The van der Waals surface area contributed by atoms with Crippen LogP contribution in [0.3, 0.4) is 0 Å². The predicted molar refractivity (Wildman–Crippen MR) is 99.1 cm³/mol. The second-order valence-corrected chi connectivity index (χ2v) is 9.16. The maximum absolute atomic E-state index is 12.9. The van der Waals surface area contributed by atoms with Gasteiger partial charge >= 0.3 is 0 Å². The van der Waals surface area contributed by atoms with E-state index in [0.29, 0.717) is 12.0 Å². The van der Waals surface area contributed by atoms with Gasteiger partial charge in [0.05, 0.1) is 17.1 Å². The average molecular weight is 360 g/mol. The van der Waals surface area contributed by atoms with Gasteiger partial charge in [-0.25, -0.2) is 8.42 Å². The molecule has 0 bridgehead atoms. The largest absolute Gasteiger partial charge is 0.338 e. The molecule has 5 nitrogen and oxygen atoms in total. The first-order chi connectivity index (χ1) is 11.7. The zero-order chi connectivity index (χ0) is 18.4. The smallest absolute Gasteiger partial charge is 0.255 e. The lowest BCUT2D eigenvalue weighted by Crippen LogP contribution is -2.38. The fourth-order valence-electron chi connectivity index (χ4n) is 3.58. The van der Waals surface area contributed by atoms with Crippen LogP contribution in [0.15, 0.2) is 30.3 Å². The number of sulfone groups is 1. The molecule has 0 saturated carbocycles. The van der Waals surface area contributed by atoms with Crippen molar-refractivity contribution < 1.29 is 13.2 Å². The summed E-state index contributed by atoms with van der Waals surface area (Å²) in [4.78, 5) is 14.5. The summed E-state index contributed by atoms with van der Waals surface area (Å²) >= 11 is 0. The summed E-state index contributed by atoms with van der Waals surface area (Å²) in [5.41, 5.74) is 4.68. The van der Waals surface area contributed by atoms with Crippen LogP contribution in [0.25, 0.3) is 5.69 Å². The van der Waals surface area contributed by atoms with Gasteiger partial charge in [0.25, 0.3) is 5.91 Å². The van der Waals surface area contributed by atoms with Gasteiger partial charge in [0.15, 0.2) is 9.84 Å². The maximum Gasteiger partial charge on any atom is 0.255 e. The number of hydrogen-bond donors (Lipinski definition) is 0. The van der Waals surface area contributed by atoms with Crippen LogP contribution in [0, 0.1) is 20.8 Å². The first-order valence-electron chi connectivity index (χ1n) is 8.43. The van der Waals surface area contributed by atoms with Crippen molar-refractivity contribution in [1.29, 1.82) is 0 Å². The van der Waals surface area contributed by atoms with Crippen LogP contribution in [0.5, 0.6) is 0 Å². The molecule has 2 aromatic rings. The summed E-state index contributed by atoms with van der Waals surface area (Å²) in [7, 11) is -1.32. The number of aryl methyl sites for hydroxylation is 2. The van der Waals surface area contributed by atoms with Gasteiger partial charge in [-0.05, 0) is 51.0 Å². The zero-order valence-corrected chi connectivity index (χ0v) is 15.9. The number of benzene rings is 1. The first-order valence-corrected chi connectivity index (χ1v) is 10.3. The summed E-state index contributed by atoms with van der Waals surface area (Å²) in [5.74, 6) is 0.109. The molecular weight excluding hydrogens is 336 g/mol. The molecule has 2 heterocycles. The number of carbonyl (C=O) groups is 1. The molecule has 1 amide bonds. The van der Waals surface area contributed by atoms with Gasteiger partial charge in [0, 0.05) is 30.2 Å². The Balaban J connectivity index is 1.93. The van der Waals surface area contributed by atoms with Gasteiger partial charge in [0.1, 0.15) is 0 Å². The zero-order valence-electron chi connectivity index (χ0n) is 15.1. The summed E-state index contributed by atoms with van der Waals surface area (Å²) in [6.45, 7) is 5.95. The van der Waals surface area contributed by atoms with Crippen molar-refractivity contribution in [3.63, 3.8) is 0 Å². The van der Waals surface area contributed by atoms with Gasteiger partial charge in [-0.2, -0.15) is 0 Å². The Kier molecular flexibility index (Phi) is 4.49. The molecule has 1 unspecified atom stereocenters. The fraction of sp³-hybridized carbons (Fsp3) is 0.421. The van der Waals surface area contributed by atoms with Crippen molar-refractivity contribution in [2.75, 3.05) is 18.6 Å². The number of rotatable bonds is 3. The van der Waals surface area contributed by atoms with Crippen molar-refractivity contribution in [2.45, 2.75) is 33.2 Å². The van der Waals surface area contributed by atoms with Crippen LogP contribution in [0.4, 0.5) is 0 Å². The van der Waals surface area contributed by atoms with E-state index in [2.05, 4.69) is 10.6 Å². The Bertz CT molecular complexity index is 928. The molecule has 1 aliphatic rings. The third-order valence-corrected chi connectivity index (χ3v) is 6.75. The van der Waals surface area contributed by atoms with E-state index in [1.165, 1.54) is 0 Å². The molecule has 0 spiro atoms. The molecule has 0 N–H and O–H groups in total. The predicted octanol–water partition coefficient (Wildman–Crippen LogP) is 2.66. The van der Waals surface area contributed by atoms with Crippen molar-refractivity contribution in [1.82, 2.24) is 9.47 Å². The average Bonchev–Trinajstić information content (AvgIpc) is 3.05. The van der Waals surface area contributed by atoms with Gasteiger partial charge in [0.2, 0.25) is 0 Å².